The Balaban J connectivity index is 1.29. The molecule has 4 aromatic rings. The summed E-state index contributed by atoms with van der Waals surface area (Å²) in [5.41, 5.74) is 4.85. The molecule has 5 heteroatoms. The molecule has 1 aliphatic rings. The van der Waals surface area contributed by atoms with Crippen molar-refractivity contribution < 1.29 is 23.8 Å². The zero-order valence-corrected chi connectivity index (χ0v) is 25.0. The van der Waals surface area contributed by atoms with Crippen molar-refractivity contribution >= 4 is 11.9 Å². The minimum absolute atomic E-state index is 0.0904. The minimum Gasteiger partial charge on any atom is -0.465 e. The number of aryl methyl sites for hydroxylation is 1. The van der Waals surface area contributed by atoms with Crippen LogP contribution in [-0.4, -0.2) is 19.0 Å². The van der Waals surface area contributed by atoms with E-state index in [4.69, 9.17) is 14.2 Å². The highest BCUT2D eigenvalue weighted by Crippen LogP contribution is 2.53. The molecule has 1 saturated carbocycles. The largest absolute Gasteiger partial charge is 0.465 e. The maximum Gasteiger partial charge on any atom is 0.343 e. The van der Waals surface area contributed by atoms with Gasteiger partial charge in [0.1, 0.15) is 17.2 Å². The van der Waals surface area contributed by atoms with Gasteiger partial charge in [0.2, 0.25) is 0 Å². The topological polar surface area (TPSA) is 61.8 Å². The van der Waals surface area contributed by atoms with E-state index in [0.29, 0.717) is 34.3 Å². The van der Waals surface area contributed by atoms with Crippen LogP contribution in [-0.2, 0) is 10.2 Å². The highest BCUT2D eigenvalue weighted by atomic mass is 16.5. The molecule has 42 heavy (non-hydrogen) atoms. The van der Waals surface area contributed by atoms with Gasteiger partial charge in [0.05, 0.1) is 18.2 Å². The van der Waals surface area contributed by atoms with Crippen LogP contribution in [0.1, 0.15) is 77.4 Å². The molecule has 0 aliphatic heterocycles. The summed E-state index contributed by atoms with van der Waals surface area (Å²) < 4.78 is 16.3. The Hall–Kier alpha value is -4.38. The summed E-state index contributed by atoms with van der Waals surface area (Å²) in [7, 11) is 1.34. The van der Waals surface area contributed by atoms with Gasteiger partial charge in [0.25, 0.3) is 0 Å². The number of ether oxygens (including phenoxy) is 3. The second-order valence-corrected chi connectivity index (χ2v) is 12.4. The lowest BCUT2D eigenvalue weighted by atomic mass is 9.55. The first kappa shape index (κ1) is 29.1. The van der Waals surface area contributed by atoms with Gasteiger partial charge in [-0.05, 0) is 109 Å². The lowest BCUT2D eigenvalue weighted by Crippen LogP contribution is -2.41. The third kappa shape index (κ3) is 6.41. The first-order chi connectivity index (χ1) is 20.1. The van der Waals surface area contributed by atoms with Crippen LogP contribution in [0.2, 0.25) is 0 Å². The molecule has 0 saturated heterocycles. The molecule has 216 valence electrons. The lowest BCUT2D eigenvalue weighted by molar-refractivity contribution is 0.0600. The van der Waals surface area contributed by atoms with E-state index >= 15 is 0 Å². The lowest BCUT2D eigenvalue weighted by Gasteiger charge is -2.48. The zero-order chi connectivity index (χ0) is 29.9. The number of esters is 2. The van der Waals surface area contributed by atoms with Gasteiger partial charge in [-0.3, -0.25) is 0 Å². The van der Waals surface area contributed by atoms with Crippen LogP contribution < -0.4 is 9.47 Å². The summed E-state index contributed by atoms with van der Waals surface area (Å²) in [5.74, 6) is 1.40. The fraction of sp³-hybridized carbons (Fsp3) is 0.297. The molecule has 1 aliphatic carbocycles. The average Bonchev–Trinajstić information content (AvgIpc) is 2.97. The molecule has 0 spiro atoms. The van der Waals surface area contributed by atoms with Gasteiger partial charge in [0, 0.05) is 5.41 Å². The smallest absolute Gasteiger partial charge is 0.343 e. The molecule has 0 aromatic heterocycles. The van der Waals surface area contributed by atoms with Gasteiger partial charge in [-0.1, -0.05) is 62.7 Å². The fourth-order valence-corrected chi connectivity index (χ4v) is 6.63. The summed E-state index contributed by atoms with van der Waals surface area (Å²) >= 11 is 0. The normalized spacial score (nSPS) is 19.5. The molecular formula is C37H38O5. The minimum atomic E-state index is -0.433. The number of methoxy groups -OCH3 is 1. The molecule has 0 heterocycles. The number of rotatable bonds is 7. The third-order valence-electron chi connectivity index (χ3n) is 8.20. The van der Waals surface area contributed by atoms with E-state index in [1.807, 2.05) is 12.1 Å². The summed E-state index contributed by atoms with van der Waals surface area (Å²) in [6.45, 7) is 9.23. The molecule has 0 N–H and O–H groups in total. The number of carbonyl (C=O) groups is 2. The Bertz CT molecular complexity index is 1530. The van der Waals surface area contributed by atoms with Crippen molar-refractivity contribution in [2.24, 2.45) is 11.3 Å². The number of hydrogen-bond acceptors (Lipinski definition) is 5. The second-order valence-electron chi connectivity index (χ2n) is 12.4. The van der Waals surface area contributed by atoms with Crippen molar-refractivity contribution in [3.8, 4) is 17.2 Å². The maximum absolute atomic E-state index is 12.9. The maximum atomic E-state index is 12.9. The average molecular weight is 563 g/mol. The molecule has 4 aromatic carbocycles. The van der Waals surface area contributed by atoms with E-state index in [1.54, 1.807) is 48.5 Å². The van der Waals surface area contributed by atoms with Crippen molar-refractivity contribution in [3.05, 3.63) is 125 Å². The van der Waals surface area contributed by atoms with Crippen molar-refractivity contribution in [1.82, 2.24) is 0 Å². The predicted molar refractivity (Wildman–Crippen MR) is 164 cm³/mol. The molecule has 0 bridgehead atoms. The quantitative estimate of drug-likeness (QED) is 0.166. The van der Waals surface area contributed by atoms with Crippen LogP contribution in [0.15, 0.2) is 97.1 Å². The molecular weight excluding hydrogens is 524 g/mol. The SMILES string of the molecule is COC(=O)c1ccc(Oc2ccc(C(=O)Oc3ccc(C4(c5ccc(C)cc5)CC(C)CC(C)(C)C4)cc3)cc2)cc1. The van der Waals surface area contributed by atoms with E-state index in [0.717, 1.165) is 12.8 Å². The van der Waals surface area contributed by atoms with Crippen LogP contribution in [0.4, 0.5) is 0 Å². The van der Waals surface area contributed by atoms with Crippen molar-refractivity contribution in [2.75, 3.05) is 7.11 Å². The monoisotopic (exact) mass is 562 g/mol. The van der Waals surface area contributed by atoms with Crippen molar-refractivity contribution in [1.29, 1.82) is 0 Å². The summed E-state index contributed by atoms with van der Waals surface area (Å²) in [4.78, 5) is 24.6. The van der Waals surface area contributed by atoms with Crippen LogP contribution in [0.3, 0.4) is 0 Å². The Morgan fingerprint density at radius 1 is 0.667 bits per heavy atom. The predicted octanol–water partition coefficient (Wildman–Crippen LogP) is 8.93. The molecule has 0 radical (unpaired) electrons. The van der Waals surface area contributed by atoms with Crippen molar-refractivity contribution in [2.45, 2.75) is 52.4 Å². The van der Waals surface area contributed by atoms with Gasteiger partial charge >= 0.3 is 11.9 Å². The molecule has 2 unspecified atom stereocenters. The van der Waals surface area contributed by atoms with Gasteiger partial charge in [0.15, 0.2) is 0 Å². The van der Waals surface area contributed by atoms with E-state index in [1.165, 1.54) is 30.2 Å². The Morgan fingerprint density at radius 2 is 1.14 bits per heavy atom. The highest BCUT2D eigenvalue weighted by molar-refractivity contribution is 5.91. The van der Waals surface area contributed by atoms with Gasteiger partial charge < -0.3 is 14.2 Å². The number of carbonyl (C=O) groups excluding carboxylic acids is 2. The van der Waals surface area contributed by atoms with Gasteiger partial charge in [-0.25, -0.2) is 9.59 Å². The first-order valence-electron chi connectivity index (χ1n) is 14.4. The summed E-state index contributed by atoms with van der Waals surface area (Å²) in [5, 5.41) is 0. The van der Waals surface area contributed by atoms with Crippen LogP contribution in [0.5, 0.6) is 17.2 Å². The summed E-state index contributed by atoms with van der Waals surface area (Å²) in [6, 6.07) is 30.5. The third-order valence-corrected chi connectivity index (χ3v) is 8.20. The molecule has 2 atom stereocenters. The molecule has 0 amide bonds. The standard InChI is InChI=1S/C37H38O5/c1-25-6-12-29(13-7-25)37(23-26(2)22-36(3,4)24-37)30-14-20-33(21-15-30)42-35(39)28-10-18-32(19-11-28)41-31-16-8-27(9-17-31)34(38)40-5/h6-21,26H,22-24H2,1-5H3. The fourth-order valence-electron chi connectivity index (χ4n) is 6.63. The molecule has 5 nitrogen and oxygen atoms in total. The zero-order valence-electron chi connectivity index (χ0n) is 25.0. The first-order valence-corrected chi connectivity index (χ1v) is 14.4. The Morgan fingerprint density at radius 3 is 1.64 bits per heavy atom. The van der Waals surface area contributed by atoms with Crippen molar-refractivity contribution in [3.63, 3.8) is 0 Å². The van der Waals surface area contributed by atoms with Crippen LogP contribution in [0, 0.1) is 18.3 Å². The molecule has 1 fully saturated rings. The summed E-state index contributed by atoms with van der Waals surface area (Å²) in [6.07, 6.45) is 3.36. The van der Waals surface area contributed by atoms with Crippen LogP contribution in [0.25, 0.3) is 0 Å². The van der Waals surface area contributed by atoms with E-state index in [9.17, 15) is 9.59 Å². The van der Waals surface area contributed by atoms with E-state index in [2.05, 4.69) is 64.1 Å². The number of hydrogen-bond donors (Lipinski definition) is 0. The Labute approximate surface area is 248 Å². The van der Waals surface area contributed by atoms with Crippen LogP contribution >= 0.6 is 0 Å². The van der Waals surface area contributed by atoms with E-state index in [-0.39, 0.29) is 10.8 Å². The Kier molecular flexibility index (Phi) is 8.22. The number of benzene rings is 4. The second kappa shape index (κ2) is 11.8. The van der Waals surface area contributed by atoms with E-state index < -0.39 is 11.9 Å². The van der Waals surface area contributed by atoms with Gasteiger partial charge in [-0.15, -0.1) is 0 Å². The molecule has 5 rings (SSSR count). The van der Waals surface area contributed by atoms with Gasteiger partial charge in [-0.2, -0.15) is 0 Å². The highest BCUT2D eigenvalue weighted by Gasteiger charge is 2.45.